The molecule has 2 amide bonds. The Balaban J connectivity index is 1.58. The monoisotopic (exact) mass is 314 g/mol. The lowest BCUT2D eigenvalue weighted by molar-refractivity contribution is -0.136. The van der Waals surface area contributed by atoms with E-state index < -0.39 is 11.8 Å². The molecule has 1 aromatic carbocycles. The summed E-state index contributed by atoms with van der Waals surface area (Å²) in [6.07, 6.45) is 5.13. The zero-order valence-electron chi connectivity index (χ0n) is 14.2. The van der Waals surface area contributed by atoms with E-state index in [0.717, 1.165) is 28.7 Å². The second kappa shape index (κ2) is 6.34. The van der Waals surface area contributed by atoms with Gasteiger partial charge in [0.15, 0.2) is 0 Å². The number of nitrogens with one attached hydrogen (secondary N) is 2. The molecule has 0 heterocycles. The van der Waals surface area contributed by atoms with Gasteiger partial charge < -0.3 is 10.6 Å². The molecule has 0 aliphatic heterocycles. The minimum atomic E-state index is -0.572. The number of aryl methyl sites for hydroxylation is 2. The summed E-state index contributed by atoms with van der Waals surface area (Å²) >= 11 is 0. The van der Waals surface area contributed by atoms with E-state index in [0.29, 0.717) is 5.92 Å². The van der Waals surface area contributed by atoms with Crippen LogP contribution in [0.2, 0.25) is 0 Å². The van der Waals surface area contributed by atoms with Crippen LogP contribution in [-0.2, 0) is 9.59 Å². The van der Waals surface area contributed by atoms with Crippen LogP contribution in [0.3, 0.4) is 0 Å². The molecule has 0 spiro atoms. The zero-order valence-corrected chi connectivity index (χ0v) is 14.2. The molecule has 4 unspecified atom stereocenters. The minimum absolute atomic E-state index is 0.0708. The van der Waals surface area contributed by atoms with Gasteiger partial charge in [-0.15, -0.1) is 0 Å². The molecule has 0 aromatic heterocycles. The first kappa shape index (κ1) is 16.0. The number of anilines is 1. The smallest absolute Gasteiger partial charge is 0.313 e. The third-order valence-corrected chi connectivity index (χ3v) is 5.72. The highest BCUT2D eigenvalue weighted by molar-refractivity contribution is 6.39. The maximum atomic E-state index is 12.2. The fourth-order valence-corrected chi connectivity index (χ4v) is 4.47. The predicted octanol–water partition coefficient (Wildman–Crippen LogP) is 3.18. The van der Waals surface area contributed by atoms with E-state index in [9.17, 15) is 9.59 Å². The fourth-order valence-electron chi connectivity index (χ4n) is 4.47. The van der Waals surface area contributed by atoms with E-state index in [1.807, 2.05) is 39.0 Å². The standard InChI is InChI=1S/C19H26N2O2/c1-11-5-4-6-12(2)17(11)21-19(23)18(22)20-13(3)16-10-14-7-8-15(16)9-14/h4-6,13-16H,7-10H2,1-3H3,(H,20,22)(H,21,23). The summed E-state index contributed by atoms with van der Waals surface area (Å²) in [7, 11) is 0. The number of para-hydroxylation sites is 1. The molecule has 2 aliphatic carbocycles. The second-order valence-electron chi connectivity index (χ2n) is 7.32. The molecule has 3 rings (SSSR count). The SMILES string of the molecule is Cc1cccc(C)c1NC(=O)C(=O)NC(C)C1CC2CCC1C2. The Kier molecular flexibility index (Phi) is 4.42. The normalized spacial score (nSPS) is 26.8. The molecular weight excluding hydrogens is 288 g/mol. The first-order chi connectivity index (χ1) is 11.0. The van der Waals surface area contributed by atoms with E-state index in [1.54, 1.807) is 0 Å². The fraction of sp³-hybridized carbons (Fsp3) is 0.579. The number of benzene rings is 1. The van der Waals surface area contributed by atoms with Gasteiger partial charge in [-0.2, -0.15) is 0 Å². The van der Waals surface area contributed by atoms with Crippen LogP contribution in [0.1, 0.15) is 43.7 Å². The van der Waals surface area contributed by atoms with Gasteiger partial charge in [0.2, 0.25) is 0 Å². The Bertz CT molecular complexity index is 606. The molecule has 1 aromatic rings. The lowest BCUT2D eigenvalue weighted by Gasteiger charge is -2.28. The number of hydrogen-bond donors (Lipinski definition) is 2. The summed E-state index contributed by atoms with van der Waals surface area (Å²) in [6.45, 7) is 5.90. The van der Waals surface area contributed by atoms with Crippen LogP contribution in [0, 0.1) is 31.6 Å². The first-order valence-corrected chi connectivity index (χ1v) is 8.63. The van der Waals surface area contributed by atoms with Crippen molar-refractivity contribution in [1.82, 2.24) is 5.32 Å². The van der Waals surface area contributed by atoms with E-state index in [-0.39, 0.29) is 6.04 Å². The van der Waals surface area contributed by atoms with E-state index in [1.165, 1.54) is 25.7 Å². The Morgan fingerprint density at radius 1 is 1.09 bits per heavy atom. The van der Waals surface area contributed by atoms with Gasteiger partial charge in [-0.05, 0) is 68.9 Å². The molecule has 4 heteroatoms. The van der Waals surface area contributed by atoms with Crippen molar-refractivity contribution in [2.45, 2.75) is 52.5 Å². The van der Waals surface area contributed by atoms with Crippen LogP contribution in [0.5, 0.6) is 0 Å². The summed E-state index contributed by atoms with van der Waals surface area (Å²) in [5.41, 5.74) is 2.67. The van der Waals surface area contributed by atoms with Crippen LogP contribution in [0.25, 0.3) is 0 Å². The Hall–Kier alpha value is -1.84. The summed E-state index contributed by atoms with van der Waals surface area (Å²) in [5, 5.41) is 5.67. The van der Waals surface area contributed by atoms with Crippen LogP contribution >= 0.6 is 0 Å². The van der Waals surface area contributed by atoms with E-state index >= 15 is 0 Å². The van der Waals surface area contributed by atoms with Crippen molar-refractivity contribution in [3.8, 4) is 0 Å². The maximum absolute atomic E-state index is 12.2. The van der Waals surface area contributed by atoms with Crippen molar-refractivity contribution in [2.24, 2.45) is 17.8 Å². The van der Waals surface area contributed by atoms with Crippen molar-refractivity contribution in [3.63, 3.8) is 0 Å². The van der Waals surface area contributed by atoms with Crippen molar-refractivity contribution in [1.29, 1.82) is 0 Å². The van der Waals surface area contributed by atoms with E-state index in [2.05, 4.69) is 10.6 Å². The summed E-state index contributed by atoms with van der Waals surface area (Å²) in [5.74, 6) is 1.01. The first-order valence-electron chi connectivity index (χ1n) is 8.63. The highest BCUT2D eigenvalue weighted by Gasteiger charge is 2.42. The molecular formula is C19H26N2O2. The van der Waals surface area contributed by atoms with Crippen molar-refractivity contribution >= 4 is 17.5 Å². The quantitative estimate of drug-likeness (QED) is 0.842. The van der Waals surface area contributed by atoms with Gasteiger partial charge in [0, 0.05) is 11.7 Å². The Labute approximate surface area is 138 Å². The average molecular weight is 314 g/mol. The highest BCUT2D eigenvalue weighted by Crippen LogP contribution is 2.49. The van der Waals surface area contributed by atoms with Gasteiger partial charge in [-0.3, -0.25) is 9.59 Å². The number of hydrogen-bond acceptors (Lipinski definition) is 2. The molecule has 0 saturated heterocycles. The third kappa shape index (κ3) is 3.26. The van der Waals surface area contributed by atoms with Gasteiger partial charge in [-0.25, -0.2) is 0 Å². The minimum Gasteiger partial charge on any atom is -0.345 e. The molecule has 2 saturated carbocycles. The number of carbonyl (C=O) groups excluding carboxylic acids is 2. The average Bonchev–Trinajstić information content (AvgIpc) is 3.13. The van der Waals surface area contributed by atoms with Gasteiger partial charge in [0.05, 0.1) is 0 Å². The van der Waals surface area contributed by atoms with Crippen LogP contribution < -0.4 is 10.6 Å². The summed E-state index contributed by atoms with van der Waals surface area (Å²) in [6, 6.07) is 5.87. The lowest BCUT2D eigenvalue weighted by Crippen LogP contribution is -2.45. The summed E-state index contributed by atoms with van der Waals surface area (Å²) < 4.78 is 0. The maximum Gasteiger partial charge on any atom is 0.313 e. The number of carbonyl (C=O) groups is 2. The van der Waals surface area contributed by atoms with Crippen LogP contribution in [0.4, 0.5) is 5.69 Å². The molecule has 2 aliphatic rings. The predicted molar refractivity (Wildman–Crippen MR) is 91.1 cm³/mol. The molecule has 4 nitrogen and oxygen atoms in total. The zero-order chi connectivity index (χ0) is 16.6. The van der Waals surface area contributed by atoms with Crippen molar-refractivity contribution in [2.75, 3.05) is 5.32 Å². The number of fused-ring (bicyclic) bond motifs is 2. The molecule has 0 radical (unpaired) electrons. The molecule has 2 bridgehead atoms. The Morgan fingerprint density at radius 3 is 2.35 bits per heavy atom. The second-order valence-corrected chi connectivity index (χ2v) is 7.32. The van der Waals surface area contributed by atoms with Crippen molar-refractivity contribution < 1.29 is 9.59 Å². The van der Waals surface area contributed by atoms with E-state index in [4.69, 9.17) is 0 Å². The highest BCUT2D eigenvalue weighted by atomic mass is 16.2. The Morgan fingerprint density at radius 2 is 1.78 bits per heavy atom. The van der Waals surface area contributed by atoms with Gasteiger partial charge >= 0.3 is 11.8 Å². The molecule has 124 valence electrons. The van der Waals surface area contributed by atoms with Gasteiger partial charge in [-0.1, -0.05) is 24.6 Å². The number of rotatable bonds is 3. The molecule has 4 atom stereocenters. The van der Waals surface area contributed by atoms with Crippen molar-refractivity contribution in [3.05, 3.63) is 29.3 Å². The third-order valence-electron chi connectivity index (χ3n) is 5.72. The largest absolute Gasteiger partial charge is 0.345 e. The molecule has 2 fully saturated rings. The lowest BCUT2D eigenvalue weighted by atomic mass is 9.84. The van der Waals surface area contributed by atoms with Crippen LogP contribution in [-0.4, -0.2) is 17.9 Å². The molecule has 2 N–H and O–H groups in total. The van der Waals surface area contributed by atoms with Gasteiger partial charge in [0.25, 0.3) is 0 Å². The number of amides is 2. The van der Waals surface area contributed by atoms with Gasteiger partial charge in [0.1, 0.15) is 0 Å². The summed E-state index contributed by atoms with van der Waals surface area (Å²) in [4.78, 5) is 24.4. The topological polar surface area (TPSA) is 58.2 Å². The molecule has 23 heavy (non-hydrogen) atoms. The van der Waals surface area contributed by atoms with Crippen LogP contribution in [0.15, 0.2) is 18.2 Å².